The van der Waals surface area contributed by atoms with Gasteiger partial charge in [0.25, 0.3) is 0 Å². The Kier molecular flexibility index (Phi) is 29.7. The number of imidazole rings is 1. The zero-order valence-electron chi connectivity index (χ0n) is 49.6. The van der Waals surface area contributed by atoms with Crippen LogP contribution in [0.2, 0.25) is 0 Å². The molecule has 1 saturated heterocycles. The van der Waals surface area contributed by atoms with E-state index < -0.39 is 162 Å². The maximum atomic E-state index is 14.3. The number of carboxylic acid groups (broad SMARTS) is 1. The summed E-state index contributed by atoms with van der Waals surface area (Å²) in [5.74, 6) is -12.8. The van der Waals surface area contributed by atoms with E-state index in [1.165, 1.54) is 31.2 Å². The van der Waals surface area contributed by atoms with E-state index in [9.17, 15) is 72.5 Å². The van der Waals surface area contributed by atoms with Gasteiger partial charge in [-0.1, -0.05) is 27.7 Å². The highest BCUT2D eigenvalue weighted by molar-refractivity contribution is 7.98. The molecule has 0 unspecified atom stereocenters. The number of primary amides is 1. The SMILES string of the molecule is CSCC[C@@H]1NC(=O)[C@H](CCCN=C(N)N)NC(=O)[C@H](CCC(=O)O)NC(=O)[C@H]([C@@H](C)O)NC(=O)C2(CC2)NC(=O)CCCNC(=O)[C@H](CC(C)C)NC(=O)[C@H](CC(N)=O)NC(=O)[C@H](Cc2cnc[nH]2)NC(=O)[C@H](CC(C)C)NC(=O)[C@H](C)NC1=O. The van der Waals surface area contributed by atoms with Gasteiger partial charge in [0.2, 0.25) is 70.9 Å². The molecule has 1 aliphatic carbocycles. The summed E-state index contributed by atoms with van der Waals surface area (Å²) in [6.07, 6.45) is 0.472. The van der Waals surface area contributed by atoms with Gasteiger partial charge in [0.05, 0.1) is 18.9 Å². The van der Waals surface area contributed by atoms with Gasteiger partial charge in [0.15, 0.2) is 5.96 Å². The second-order valence-electron chi connectivity index (χ2n) is 22.2. The summed E-state index contributed by atoms with van der Waals surface area (Å²) in [4.78, 5) is 189. The largest absolute Gasteiger partial charge is 0.481 e. The fourth-order valence-corrected chi connectivity index (χ4v) is 9.36. The number of rotatable bonds is 19. The molecule has 20 N–H and O–H groups in total. The Labute approximate surface area is 502 Å². The van der Waals surface area contributed by atoms with E-state index >= 15 is 0 Å². The average Bonchev–Trinajstić information content (AvgIpc) is 2.39. The second kappa shape index (κ2) is 35.4. The predicted molar refractivity (Wildman–Crippen MR) is 312 cm³/mol. The fraction of sp³-hybridized carbons (Fsp3) is 0.679. The summed E-state index contributed by atoms with van der Waals surface area (Å²) in [7, 11) is 0. The van der Waals surface area contributed by atoms with E-state index in [1.54, 1.807) is 34.0 Å². The Hall–Kier alpha value is -8.10. The number of aromatic nitrogens is 2. The minimum absolute atomic E-state index is 0.00220. The van der Waals surface area contributed by atoms with Crippen LogP contribution in [0.25, 0.3) is 0 Å². The smallest absolute Gasteiger partial charge is 0.303 e. The lowest BCUT2D eigenvalue weighted by molar-refractivity contribution is -0.139. The van der Waals surface area contributed by atoms with Crippen LogP contribution in [0.15, 0.2) is 17.5 Å². The van der Waals surface area contributed by atoms with Gasteiger partial charge in [-0.3, -0.25) is 67.3 Å². The van der Waals surface area contributed by atoms with Crippen molar-refractivity contribution in [2.24, 2.45) is 34.0 Å². The highest BCUT2D eigenvalue weighted by Gasteiger charge is 2.52. The van der Waals surface area contributed by atoms with Gasteiger partial charge in [-0.25, -0.2) is 4.98 Å². The van der Waals surface area contributed by atoms with Crippen LogP contribution in [-0.2, 0) is 68.7 Å². The number of aliphatic carboxylic acids is 1. The first-order valence-corrected chi connectivity index (χ1v) is 29.9. The quantitative estimate of drug-likeness (QED) is 0.0350. The van der Waals surface area contributed by atoms with Gasteiger partial charge in [-0.2, -0.15) is 11.8 Å². The minimum Gasteiger partial charge on any atom is -0.481 e. The first-order valence-electron chi connectivity index (χ1n) is 28.5. The molecule has 480 valence electrons. The molecule has 86 heavy (non-hydrogen) atoms. The molecule has 2 fully saturated rings. The van der Waals surface area contributed by atoms with E-state index in [1.807, 2.05) is 0 Å². The van der Waals surface area contributed by atoms with Crippen molar-refractivity contribution in [3.05, 3.63) is 18.2 Å². The summed E-state index contributed by atoms with van der Waals surface area (Å²) in [5.41, 5.74) is 15.4. The van der Waals surface area contributed by atoms with Crippen LogP contribution in [0.5, 0.6) is 0 Å². The van der Waals surface area contributed by atoms with E-state index in [-0.39, 0.29) is 101 Å². The third-order valence-electron chi connectivity index (χ3n) is 13.7. The van der Waals surface area contributed by atoms with Crippen LogP contribution in [0.3, 0.4) is 0 Å². The topological polar surface area (TPSA) is 514 Å². The van der Waals surface area contributed by atoms with Crippen molar-refractivity contribution >= 4 is 94.6 Å². The Morgan fingerprint density at radius 3 is 1.73 bits per heavy atom. The number of aromatic amines is 1. The van der Waals surface area contributed by atoms with Crippen LogP contribution in [-0.4, -0.2) is 194 Å². The molecule has 0 aromatic carbocycles. The number of aliphatic hydroxyl groups excluding tert-OH is 1. The molecule has 10 atom stereocenters. The van der Waals surface area contributed by atoms with Crippen molar-refractivity contribution in [2.75, 3.05) is 25.1 Å². The summed E-state index contributed by atoms with van der Waals surface area (Å²) in [6, 6.07) is -13.5. The van der Waals surface area contributed by atoms with Crippen LogP contribution in [0, 0.1) is 11.8 Å². The number of nitrogens with zero attached hydrogens (tertiary/aromatic N) is 2. The summed E-state index contributed by atoms with van der Waals surface area (Å²) < 4.78 is 0. The van der Waals surface area contributed by atoms with Gasteiger partial charge in [0, 0.05) is 44.2 Å². The molecule has 1 saturated carbocycles. The number of carboxylic acids is 1. The van der Waals surface area contributed by atoms with Crippen LogP contribution >= 0.6 is 11.8 Å². The molecule has 12 amide bonds. The Morgan fingerprint density at radius 2 is 1.19 bits per heavy atom. The fourth-order valence-electron chi connectivity index (χ4n) is 8.89. The van der Waals surface area contributed by atoms with Crippen molar-refractivity contribution in [1.82, 2.24) is 68.5 Å². The number of aliphatic hydroxyl groups is 1. The first-order chi connectivity index (χ1) is 40.4. The number of carbonyl (C=O) groups excluding carboxylic acids is 12. The monoisotopic (exact) mass is 1230 g/mol. The molecule has 1 aromatic rings. The molecule has 1 spiro atoms. The molecular weight excluding hydrogens is 1150 g/mol. The van der Waals surface area contributed by atoms with Crippen molar-refractivity contribution in [3.8, 4) is 0 Å². The van der Waals surface area contributed by atoms with Crippen LogP contribution < -0.4 is 75.7 Å². The first kappa shape index (κ1) is 72.2. The van der Waals surface area contributed by atoms with E-state index in [0.717, 1.165) is 6.92 Å². The third kappa shape index (κ3) is 25.2. The summed E-state index contributed by atoms with van der Waals surface area (Å²) in [6.45, 7) is 9.37. The van der Waals surface area contributed by atoms with Gasteiger partial charge in [-0.15, -0.1) is 0 Å². The Bertz CT molecular complexity index is 2580. The number of amides is 12. The van der Waals surface area contributed by atoms with Crippen molar-refractivity contribution < 1.29 is 72.5 Å². The van der Waals surface area contributed by atoms with Gasteiger partial charge in [-0.05, 0) is 95.5 Å². The number of nitrogens with one attached hydrogen (secondary N) is 12. The number of guanidine groups is 1. The second-order valence-corrected chi connectivity index (χ2v) is 23.2. The number of aliphatic imine (C=N–C) groups is 1. The number of carbonyl (C=O) groups is 13. The van der Waals surface area contributed by atoms with E-state index in [4.69, 9.17) is 17.2 Å². The number of hydrogen-bond acceptors (Lipinski definition) is 17. The maximum Gasteiger partial charge on any atom is 0.303 e. The normalized spacial score (nSPS) is 25.4. The maximum absolute atomic E-state index is 14.3. The number of nitrogens with two attached hydrogens (primary N) is 3. The zero-order valence-corrected chi connectivity index (χ0v) is 50.4. The van der Waals surface area contributed by atoms with Gasteiger partial charge >= 0.3 is 5.97 Å². The van der Waals surface area contributed by atoms with Crippen molar-refractivity contribution in [3.63, 3.8) is 0 Å². The summed E-state index contributed by atoms with van der Waals surface area (Å²) in [5, 5.41) is 48.4. The minimum atomic E-state index is -1.78. The predicted octanol–water partition coefficient (Wildman–Crippen LogP) is -5.09. The lowest BCUT2D eigenvalue weighted by Gasteiger charge is -2.28. The standard InChI is InChI=1S/C53H87N17O15S/c1-26(2)20-34-43(77)58-17-9-11-39(73)70-53(15-16-53)51(85)69-41(29(6)71)50(84)64-32(12-13-40(74)75)46(80)62-31(10-8-18-59-52(55)56)45(79)63-33(14-19-86-7)44(78)61-28(5)42(76)65-35(21-27(3)4)47(81)67-36(22-30-24-57-25-60-30)48(82)68-37(23-38(54)72)49(83)66-34/h24-29,31-37,41,71H,8-23H2,1-7H3,(H2,54,72)(H,57,60)(H,58,77)(H,61,78)(H,62,80)(H,63,79)(H,64,84)(H,65,76)(H,66,83)(H,67,81)(H,68,82)(H,69,85)(H,70,73)(H,74,75)(H4,55,56,59)/t28-,29+,31-,32-,33-,34-,35-,36-,37-,41-/m0/s1. The van der Waals surface area contributed by atoms with Crippen molar-refractivity contribution in [2.45, 2.75) is 191 Å². The van der Waals surface area contributed by atoms with E-state index in [2.05, 4.69) is 73.4 Å². The molecule has 0 radical (unpaired) electrons. The lowest BCUT2D eigenvalue weighted by atomic mass is 10.0. The molecule has 2 heterocycles. The Balaban J connectivity index is 2.11. The zero-order chi connectivity index (χ0) is 64.4. The lowest BCUT2D eigenvalue weighted by Crippen LogP contribution is -2.61. The molecular formula is C53H87N17O15S. The molecule has 1 aromatic heterocycles. The van der Waals surface area contributed by atoms with Gasteiger partial charge < -0.3 is 90.9 Å². The van der Waals surface area contributed by atoms with Crippen LogP contribution in [0.4, 0.5) is 0 Å². The molecule has 0 bridgehead atoms. The number of hydrogen-bond donors (Lipinski definition) is 17. The highest BCUT2D eigenvalue weighted by Crippen LogP contribution is 2.36. The molecule has 1 aliphatic heterocycles. The number of thioether (sulfide) groups is 1. The van der Waals surface area contributed by atoms with Crippen LogP contribution in [0.1, 0.15) is 124 Å². The Morgan fingerprint density at radius 1 is 0.674 bits per heavy atom. The third-order valence-corrected chi connectivity index (χ3v) is 14.3. The number of H-pyrrole nitrogens is 1. The van der Waals surface area contributed by atoms with Crippen molar-refractivity contribution in [1.29, 1.82) is 0 Å². The average molecular weight is 1230 g/mol. The molecule has 3 rings (SSSR count). The molecule has 32 nitrogen and oxygen atoms in total. The van der Waals surface area contributed by atoms with E-state index in [0.29, 0.717) is 5.69 Å². The molecule has 33 heteroatoms. The molecule has 2 aliphatic rings. The van der Waals surface area contributed by atoms with Gasteiger partial charge in [0.1, 0.15) is 59.9 Å². The summed E-state index contributed by atoms with van der Waals surface area (Å²) >= 11 is 1.31. The highest BCUT2D eigenvalue weighted by atomic mass is 32.2.